The maximum Gasteiger partial charge on any atom is 0.164 e. The van der Waals surface area contributed by atoms with Crippen molar-refractivity contribution in [2.75, 3.05) is 0 Å². The summed E-state index contributed by atoms with van der Waals surface area (Å²) in [7, 11) is 0. The Labute approximate surface area is 376 Å². The molecule has 302 valence electrons. The van der Waals surface area contributed by atoms with Crippen LogP contribution >= 0.6 is 11.3 Å². The second-order valence-corrected chi connectivity index (χ2v) is 17.8. The van der Waals surface area contributed by atoms with E-state index in [0.717, 1.165) is 77.1 Å². The summed E-state index contributed by atoms with van der Waals surface area (Å²) in [6.07, 6.45) is 0. The Hall–Kier alpha value is -8.45. The summed E-state index contributed by atoms with van der Waals surface area (Å²) in [6.45, 7) is 0. The number of aromatic nitrogens is 4. The highest BCUT2D eigenvalue weighted by Crippen LogP contribution is 2.44. The van der Waals surface area contributed by atoms with E-state index in [2.05, 4.69) is 199 Å². The fourth-order valence-corrected chi connectivity index (χ4v) is 11.2. The lowest BCUT2D eigenvalue weighted by atomic mass is 9.99. The molecule has 14 aromatic rings. The van der Waals surface area contributed by atoms with Gasteiger partial charge in [0.1, 0.15) is 11.2 Å². The van der Waals surface area contributed by atoms with Gasteiger partial charge in [-0.05, 0) is 93.3 Å². The molecule has 0 aliphatic carbocycles. The second-order valence-electron chi connectivity index (χ2n) is 16.7. The Morgan fingerprint density at radius 1 is 0.354 bits per heavy atom. The molecular weight excluding hydrogens is 813 g/mol. The van der Waals surface area contributed by atoms with E-state index >= 15 is 0 Å². The van der Waals surface area contributed by atoms with Crippen molar-refractivity contribution in [2.24, 2.45) is 0 Å². The number of benzene rings is 10. The van der Waals surface area contributed by atoms with Crippen molar-refractivity contribution in [3.05, 3.63) is 206 Å². The van der Waals surface area contributed by atoms with Gasteiger partial charge < -0.3 is 8.98 Å². The number of rotatable bonds is 5. The predicted octanol–water partition coefficient (Wildman–Crippen LogP) is 16.2. The number of para-hydroxylation sites is 1. The number of fused-ring (bicyclic) bond motifs is 12. The van der Waals surface area contributed by atoms with Gasteiger partial charge in [0.25, 0.3) is 0 Å². The third-order valence-electron chi connectivity index (χ3n) is 13.0. The number of furan rings is 1. The minimum Gasteiger partial charge on any atom is -0.456 e. The van der Waals surface area contributed by atoms with Crippen LogP contribution < -0.4 is 0 Å². The highest BCUT2D eigenvalue weighted by molar-refractivity contribution is 7.25. The summed E-state index contributed by atoms with van der Waals surface area (Å²) in [5, 5.41) is 11.5. The summed E-state index contributed by atoms with van der Waals surface area (Å²) in [5.41, 5.74) is 10.0. The Kier molecular flexibility index (Phi) is 7.79. The van der Waals surface area contributed by atoms with Crippen LogP contribution in [0.15, 0.2) is 211 Å². The molecule has 0 amide bonds. The third-order valence-corrected chi connectivity index (χ3v) is 14.1. The Bertz CT molecular complexity index is 4260. The molecule has 14 rings (SSSR count). The SMILES string of the molecule is c1ccc(-c2cccc(-c3nc(-c4cccc5sc6ccccc6c45)nc(-c4cccc5oc6ccc7ccc(-n8c9ccccc9c9cc%10ccccc%10cc98)cc7c6c45)n3)c2)cc1. The predicted molar refractivity (Wildman–Crippen MR) is 271 cm³/mol. The van der Waals surface area contributed by atoms with Crippen LogP contribution in [0, 0.1) is 0 Å². The smallest absolute Gasteiger partial charge is 0.164 e. The fraction of sp³-hybridized carbons (Fsp3) is 0. The van der Waals surface area contributed by atoms with E-state index in [1.54, 1.807) is 11.3 Å². The van der Waals surface area contributed by atoms with E-state index in [-0.39, 0.29) is 0 Å². The van der Waals surface area contributed by atoms with Crippen LogP contribution in [0.3, 0.4) is 0 Å². The van der Waals surface area contributed by atoms with Gasteiger partial charge in [-0.15, -0.1) is 11.3 Å². The van der Waals surface area contributed by atoms with Crippen LogP contribution in [-0.4, -0.2) is 19.5 Å². The molecule has 0 bridgehead atoms. The van der Waals surface area contributed by atoms with Crippen LogP contribution in [0.2, 0.25) is 0 Å². The standard InChI is InChI=1S/C59H34N4OS/c1-2-13-35(14-3-1)37-17-10-18-40(31-37)57-60-58(44-22-12-26-53-54(44)43-20-7-9-25-52(43)65-53)62-59(61-57)45-21-11-24-50-55(45)56-46-34-41(29-27-36(46)28-30-51(56)64-50)63-48-23-8-6-19-42(48)47-32-38-15-4-5-16-39(38)33-49(47)63/h1-34H. The first-order chi connectivity index (χ1) is 32.2. The van der Waals surface area contributed by atoms with Gasteiger partial charge in [-0.3, -0.25) is 0 Å². The van der Waals surface area contributed by atoms with Crippen molar-refractivity contribution < 1.29 is 4.42 Å². The van der Waals surface area contributed by atoms with Gasteiger partial charge in [-0.1, -0.05) is 146 Å². The lowest BCUT2D eigenvalue weighted by Crippen LogP contribution is -2.01. The topological polar surface area (TPSA) is 56.7 Å². The molecule has 4 aromatic heterocycles. The van der Waals surface area contributed by atoms with Crippen molar-refractivity contribution in [3.63, 3.8) is 0 Å². The summed E-state index contributed by atoms with van der Waals surface area (Å²) in [6, 6.07) is 73.2. The Morgan fingerprint density at radius 3 is 1.88 bits per heavy atom. The molecule has 0 saturated carbocycles. The molecule has 65 heavy (non-hydrogen) atoms. The lowest BCUT2D eigenvalue weighted by molar-refractivity contribution is 0.669. The first-order valence-electron chi connectivity index (χ1n) is 21.8. The zero-order valence-electron chi connectivity index (χ0n) is 34.7. The highest BCUT2D eigenvalue weighted by atomic mass is 32.1. The maximum atomic E-state index is 6.76. The number of hydrogen-bond acceptors (Lipinski definition) is 5. The van der Waals surface area contributed by atoms with Gasteiger partial charge in [0, 0.05) is 64.1 Å². The fourth-order valence-electron chi connectivity index (χ4n) is 10.1. The minimum absolute atomic E-state index is 0.586. The van der Waals surface area contributed by atoms with E-state index in [0.29, 0.717) is 17.5 Å². The number of hydrogen-bond donors (Lipinski definition) is 0. The van der Waals surface area contributed by atoms with Gasteiger partial charge in [-0.2, -0.15) is 0 Å². The van der Waals surface area contributed by atoms with Crippen molar-refractivity contribution in [2.45, 2.75) is 0 Å². The van der Waals surface area contributed by atoms with E-state index in [4.69, 9.17) is 19.4 Å². The average Bonchev–Trinajstić information content (AvgIpc) is 4.05. The van der Waals surface area contributed by atoms with E-state index in [9.17, 15) is 0 Å². The Morgan fingerprint density at radius 2 is 1.00 bits per heavy atom. The normalized spacial score (nSPS) is 12.0. The number of nitrogens with zero attached hydrogens (tertiary/aromatic N) is 4. The third kappa shape index (κ3) is 5.61. The van der Waals surface area contributed by atoms with Gasteiger partial charge in [-0.25, -0.2) is 15.0 Å². The van der Waals surface area contributed by atoms with E-state index in [1.165, 1.54) is 41.8 Å². The van der Waals surface area contributed by atoms with Crippen LogP contribution in [-0.2, 0) is 0 Å². The molecule has 0 radical (unpaired) electrons. The maximum absolute atomic E-state index is 6.76. The average molecular weight is 847 g/mol. The van der Waals surface area contributed by atoms with Crippen molar-refractivity contribution >= 4 is 96.8 Å². The monoisotopic (exact) mass is 846 g/mol. The molecule has 0 aliphatic rings. The highest BCUT2D eigenvalue weighted by Gasteiger charge is 2.22. The molecule has 10 aromatic carbocycles. The summed E-state index contributed by atoms with van der Waals surface area (Å²) < 4.78 is 11.6. The molecule has 0 aliphatic heterocycles. The van der Waals surface area contributed by atoms with E-state index < -0.39 is 0 Å². The van der Waals surface area contributed by atoms with E-state index in [1.807, 2.05) is 12.1 Å². The lowest BCUT2D eigenvalue weighted by Gasteiger charge is -2.12. The molecule has 0 spiro atoms. The summed E-state index contributed by atoms with van der Waals surface area (Å²) >= 11 is 1.79. The molecule has 6 heteroatoms. The zero-order valence-corrected chi connectivity index (χ0v) is 35.6. The molecule has 0 N–H and O–H groups in total. The molecule has 0 atom stereocenters. The van der Waals surface area contributed by atoms with Crippen molar-refractivity contribution in [1.82, 2.24) is 19.5 Å². The molecule has 4 heterocycles. The Balaban J connectivity index is 1.03. The van der Waals surface area contributed by atoms with Gasteiger partial charge in [0.05, 0.1) is 11.0 Å². The largest absolute Gasteiger partial charge is 0.456 e. The minimum atomic E-state index is 0.586. The van der Waals surface area contributed by atoms with Gasteiger partial charge >= 0.3 is 0 Å². The molecule has 0 saturated heterocycles. The van der Waals surface area contributed by atoms with Crippen LogP contribution in [0.1, 0.15) is 0 Å². The quantitative estimate of drug-likeness (QED) is 0.173. The van der Waals surface area contributed by atoms with Gasteiger partial charge in [0.2, 0.25) is 0 Å². The van der Waals surface area contributed by atoms with Crippen LogP contribution in [0.5, 0.6) is 0 Å². The van der Waals surface area contributed by atoms with Crippen LogP contribution in [0.4, 0.5) is 0 Å². The summed E-state index contributed by atoms with van der Waals surface area (Å²) in [4.78, 5) is 16.1. The van der Waals surface area contributed by atoms with Gasteiger partial charge in [0.15, 0.2) is 17.5 Å². The number of thiophene rings is 1. The second kappa shape index (κ2) is 14.0. The van der Waals surface area contributed by atoms with Crippen molar-refractivity contribution in [1.29, 1.82) is 0 Å². The zero-order chi connectivity index (χ0) is 42.6. The first kappa shape index (κ1) is 36.1. The molecule has 5 nitrogen and oxygen atoms in total. The molecule has 0 unspecified atom stereocenters. The molecule has 0 fully saturated rings. The first-order valence-corrected chi connectivity index (χ1v) is 22.7. The molecular formula is C59H34N4OS. The van der Waals surface area contributed by atoms with Crippen LogP contribution in [0.25, 0.3) is 136 Å². The van der Waals surface area contributed by atoms with Crippen molar-refractivity contribution in [3.8, 4) is 51.0 Å². The summed E-state index contributed by atoms with van der Waals surface area (Å²) in [5.74, 6) is 1.82.